The molecule has 0 radical (unpaired) electrons. The van der Waals surface area contributed by atoms with Crippen LogP contribution in [-0.4, -0.2) is 23.6 Å². The molecular formula is C15H22N4S. The lowest BCUT2D eigenvalue weighted by Crippen LogP contribution is -2.20. The maximum absolute atomic E-state index is 4.66. The Hall–Kier alpha value is -1.46. The number of nitrogens with zero attached hydrogens (tertiary/aromatic N) is 3. The molecule has 20 heavy (non-hydrogen) atoms. The van der Waals surface area contributed by atoms with Gasteiger partial charge in [0.05, 0.1) is 17.9 Å². The van der Waals surface area contributed by atoms with Crippen molar-refractivity contribution in [3.63, 3.8) is 0 Å². The smallest absolute Gasteiger partial charge is 0.185 e. The predicted molar refractivity (Wildman–Crippen MR) is 85.0 cm³/mol. The fraction of sp³-hybridized carbons (Fsp3) is 0.467. The largest absolute Gasteiger partial charge is 0.345 e. The van der Waals surface area contributed by atoms with E-state index in [0.717, 1.165) is 36.2 Å². The molecule has 0 aliphatic rings. The van der Waals surface area contributed by atoms with E-state index in [0.29, 0.717) is 5.92 Å². The molecule has 0 bridgehead atoms. The highest BCUT2D eigenvalue weighted by molar-refractivity contribution is 7.13. The fourth-order valence-corrected chi connectivity index (χ4v) is 2.64. The van der Waals surface area contributed by atoms with Crippen LogP contribution >= 0.6 is 11.3 Å². The van der Waals surface area contributed by atoms with Gasteiger partial charge in [0, 0.05) is 25.2 Å². The summed E-state index contributed by atoms with van der Waals surface area (Å²) >= 11 is 1.68. The third kappa shape index (κ3) is 4.58. The second kappa shape index (κ2) is 7.36. The second-order valence-corrected chi connectivity index (χ2v) is 6.16. The van der Waals surface area contributed by atoms with Crippen LogP contribution in [0.4, 0.5) is 5.13 Å². The highest BCUT2D eigenvalue weighted by Gasteiger charge is 2.08. The van der Waals surface area contributed by atoms with Gasteiger partial charge in [-0.25, -0.2) is 4.98 Å². The van der Waals surface area contributed by atoms with Crippen LogP contribution in [0.15, 0.2) is 29.8 Å². The van der Waals surface area contributed by atoms with Gasteiger partial charge in [-0.1, -0.05) is 19.9 Å². The van der Waals surface area contributed by atoms with Gasteiger partial charge in [0.1, 0.15) is 0 Å². The quantitative estimate of drug-likeness (QED) is 0.851. The van der Waals surface area contributed by atoms with Crippen LogP contribution in [0, 0.1) is 5.92 Å². The number of hydrogen-bond acceptors (Lipinski definition) is 5. The van der Waals surface area contributed by atoms with Crippen molar-refractivity contribution in [1.29, 1.82) is 0 Å². The maximum atomic E-state index is 4.66. The Kier molecular flexibility index (Phi) is 5.49. The minimum absolute atomic E-state index is 0.667. The number of aromatic nitrogens is 2. The molecule has 1 N–H and O–H groups in total. The molecule has 0 fully saturated rings. The van der Waals surface area contributed by atoms with Crippen molar-refractivity contribution in [1.82, 2.24) is 15.3 Å². The van der Waals surface area contributed by atoms with E-state index < -0.39 is 0 Å². The van der Waals surface area contributed by atoms with Gasteiger partial charge in [-0.3, -0.25) is 4.98 Å². The van der Waals surface area contributed by atoms with Gasteiger partial charge in [-0.15, -0.1) is 11.3 Å². The van der Waals surface area contributed by atoms with E-state index in [4.69, 9.17) is 0 Å². The summed E-state index contributed by atoms with van der Waals surface area (Å²) in [5.74, 6) is 0.667. The molecule has 2 aromatic rings. The SMILES string of the molecule is CC(C)CNCc1csc(N(C)Cc2ccccn2)n1. The van der Waals surface area contributed by atoms with Crippen molar-refractivity contribution in [2.75, 3.05) is 18.5 Å². The van der Waals surface area contributed by atoms with Crippen molar-refractivity contribution in [3.05, 3.63) is 41.2 Å². The van der Waals surface area contributed by atoms with Crippen molar-refractivity contribution >= 4 is 16.5 Å². The molecule has 0 spiro atoms. The highest BCUT2D eigenvalue weighted by Crippen LogP contribution is 2.20. The molecular weight excluding hydrogens is 268 g/mol. The second-order valence-electron chi connectivity index (χ2n) is 5.32. The zero-order chi connectivity index (χ0) is 14.4. The lowest BCUT2D eigenvalue weighted by atomic mass is 10.2. The first kappa shape index (κ1) is 14.9. The van der Waals surface area contributed by atoms with Gasteiger partial charge in [0.15, 0.2) is 5.13 Å². The van der Waals surface area contributed by atoms with Crippen LogP contribution in [0.2, 0.25) is 0 Å². The molecule has 0 amide bonds. The summed E-state index contributed by atoms with van der Waals surface area (Å²) in [6, 6.07) is 5.99. The van der Waals surface area contributed by atoms with Crippen LogP contribution in [0.3, 0.4) is 0 Å². The lowest BCUT2D eigenvalue weighted by molar-refractivity contribution is 0.549. The normalized spacial score (nSPS) is 11.0. The van der Waals surface area contributed by atoms with E-state index in [1.165, 1.54) is 0 Å². The Morgan fingerprint density at radius 1 is 1.30 bits per heavy atom. The first-order chi connectivity index (χ1) is 9.65. The van der Waals surface area contributed by atoms with E-state index in [1.54, 1.807) is 11.3 Å². The Morgan fingerprint density at radius 2 is 2.15 bits per heavy atom. The van der Waals surface area contributed by atoms with Gasteiger partial charge >= 0.3 is 0 Å². The molecule has 5 heteroatoms. The molecule has 108 valence electrons. The standard InChI is InChI=1S/C15H22N4S/c1-12(2)8-16-9-14-11-20-15(18-14)19(3)10-13-6-4-5-7-17-13/h4-7,11-12,16H,8-10H2,1-3H3. The van der Waals surface area contributed by atoms with Gasteiger partial charge in [0.2, 0.25) is 0 Å². The summed E-state index contributed by atoms with van der Waals surface area (Å²) in [6.45, 7) is 7.07. The Balaban J connectivity index is 1.88. The molecule has 2 heterocycles. The topological polar surface area (TPSA) is 41.0 Å². The third-order valence-corrected chi connectivity index (χ3v) is 3.85. The molecule has 4 nitrogen and oxygen atoms in total. The van der Waals surface area contributed by atoms with E-state index in [2.05, 4.69) is 46.5 Å². The number of anilines is 1. The molecule has 2 aromatic heterocycles. The van der Waals surface area contributed by atoms with Crippen molar-refractivity contribution in [2.45, 2.75) is 26.9 Å². The Morgan fingerprint density at radius 3 is 2.85 bits per heavy atom. The third-order valence-electron chi connectivity index (χ3n) is 2.85. The molecule has 0 aromatic carbocycles. The van der Waals surface area contributed by atoms with Crippen molar-refractivity contribution in [3.8, 4) is 0 Å². The van der Waals surface area contributed by atoms with Crippen LogP contribution < -0.4 is 10.2 Å². The Bertz CT molecular complexity index is 510. The molecule has 2 rings (SSSR count). The van der Waals surface area contributed by atoms with Crippen LogP contribution in [0.25, 0.3) is 0 Å². The molecule has 0 saturated carbocycles. The monoisotopic (exact) mass is 290 g/mol. The summed E-state index contributed by atoms with van der Waals surface area (Å²) < 4.78 is 0. The molecule has 0 atom stereocenters. The number of rotatable bonds is 7. The Labute approximate surface area is 124 Å². The minimum Gasteiger partial charge on any atom is -0.345 e. The van der Waals surface area contributed by atoms with Crippen molar-refractivity contribution < 1.29 is 0 Å². The zero-order valence-electron chi connectivity index (χ0n) is 12.3. The predicted octanol–water partition coefficient (Wildman–Crippen LogP) is 2.92. The number of hydrogen-bond donors (Lipinski definition) is 1. The van der Waals surface area contributed by atoms with E-state index in [9.17, 15) is 0 Å². The summed E-state index contributed by atoms with van der Waals surface area (Å²) in [4.78, 5) is 11.1. The summed E-state index contributed by atoms with van der Waals surface area (Å²) in [5.41, 5.74) is 2.17. The van der Waals surface area contributed by atoms with E-state index >= 15 is 0 Å². The minimum atomic E-state index is 0.667. The lowest BCUT2D eigenvalue weighted by Gasteiger charge is -2.14. The van der Waals surface area contributed by atoms with E-state index in [-0.39, 0.29) is 0 Å². The fourth-order valence-electron chi connectivity index (χ4n) is 1.84. The molecule has 0 aliphatic heterocycles. The molecule has 0 aliphatic carbocycles. The van der Waals surface area contributed by atoms with Gasteiger partial charge in [0.25, 0.3) is 0 Å². The van der Waals surface area contributed by atoms with Gasteiger partial charge < -0.3 is 10.2 Å². The van der Waals surface area contributed by atoms with Crippen molar-refractivity contribution in [2.24, 2.45) is 5.92 Å². The number of nitrogens with one attached hydrogen (secondary N) is 1. The first-order valence-corrected chi connectivity index (χ1v) is 7.79. The number of thiazole rings is 1. The average Bonchev–Trinajstić information content (AvgIpc) is 2.88. The molecule has 0 unspecified atom stereocenters. The molecule has 0 saturated heterocycles. The summed E-state index contributed by atoms with van der Waals surface area (Å²) in [6.07, 6.45) is 1.83. The number of pyridine rings is 1. The zero-order valence-corrected chi connectivity index (χ0v) is 13.2. The van der Waals surface area contributed by atoms with Crippen LogP contribution in [0.5, 0.6) is 0 Å². The maximum Gasteiger partial charge on any atom is 0.185 e. The summed E-state index contributed by atoms with van der Waals surface area (Å²) in [5, 5.41) is 6.58. The van der Waals surface area contributed by atoms with E-state index in [1.807, 2.05) is 24.4 Å². The van der Waals surface area contributed by atoms with Crippen LogP contribution in [0.1, 0.15) is 25.2 Å². The van der Waals surface area contributed by atoms with Gasteiger partial charge in [-0.05, 0) is 24.6 Å². The van der Waals surface area contributed by atoms with Gasteiger partial charge in [-0.2, -0.15) is 0 Å². The average molecular weight is 290 g/mol. The summed E-state index contributed by atoms with van der Waals surface area (Å²) in [7, 11) is 2.05. The highest BCUT2D eigenvalue weighted by atomic mass is 32.1. The first-order valence-electron chi connectivity index (χ1n) is 6.91. The van der Waals surface area contributed by atoms with Crippen LogP contribution in [-0.2, 0) is 13.1 Å².